The highest BCUT2D eigenvalue weighted by Gasteiger charge is 2.26. The summed E-state index contributed by atoms with van der Waals surface area (Å²) in [6.45, 7) is 7.81. The SMILES string of the molecule is COC(=O)C(CC(C)C)NC(=O)c1n[nH]c(C(C)C)c1N. The van der Waals surface area contributed by atoms with E-state index in [9.17, 15) is 9.59 Å². The molecule has 0 saturated carbocycles. The first-order valence-corrected chi connectivity index (χ1v) is 7.00. The molecule has 7 heteroatoms. The molecule has 118 valence electrons. The zero-order chi connectivity index (χ0) is 16.2. The number of rotatable bonds is 6. The Bertz CT molecular complexity index is 508. The minimum Gasteiger partial charge on any atom is -0.467 e. The highest BCUT2D eigenvalue weighted by Crippen LogP contribution is 2.22. The summed E-state index contributed by atoms with van der Waals surface area (Å²) in [5, 5.41) is 9.33. The summed E-state index contributed by atoms with van der Waals surface area (Å²) < 4.78 is 4.71. The van der Waals surface area contributed by atoms with Gasteiger partial charge in [-0.1, -0.05) is 27.7 Å². The van der Waals surface area contributed by atoms with Gasteiger partial charge in [-0.05, 0) is 18.3 Å². The second-order valence-electron chi connectivity index (χ2n) is 5.73. The van der Waals surface area contributed by atoms with Crippen LogP contribution in [0.4, 0.5) is 5.69 Å². The second kappa shape index (κ2) is 7.10. The maximum Gasteiger partial charge on any atom is 0.328 e. The number of aromatic nitrogens is 2. The van der Waals surface area contributed by atoms with E-state index in [2.05, 4.69) is 15.5 Å². The van der Waals surface area contributed by atoms with Crippen molar-refractivity contribution in [1.82, 2.24) is 15.5 Å². The van der Waals surface area contributed by atoms with Gasteiger partial charge in [-0.15, -0.1) is 0 Å². The molecule has 1 amide bonds. The maximum atomic E-state index is 12.2. The molecule has 0 aliphatic rings. The van der Waals surface area contributed by atoms with Crippen LogP contribution in [0.15, 0.2) is 0 Å². The van der Waals surface area contributed by atoms with Crippen LogP contribution in [0.25, 0.3) is 0 Å². The fraction of sp³-hybridized carbons (Fsp3) is 0.643. The van der Waals surface area contributed by atoms with Gasteiger partial charge in [-0.3, -0.25) is 9.89 Å². The summed E-state index contributed by atoms with van der Waals surface area (Å²) in [4.78, 5) is 23.9. The molecule has 0 aromatic carbocycles. The fourth-order valence-corrected chi connectivity index (χ4v) is 2.03. The number of esters is 1. The lowest BCUT2D eigenvalue weighted by molar-refractivity contribution is -0.143. The highest BCUT2D eigenvalue weighted by atomic mass is 16.5. The molecule has 1 aromatic heterocycles. The number of aromatic amines is 1. The molecule has 21 heavy (non-hydrogen) atoms. The number of methoxy groups -OCH3 is 1. The van der Waals surface area contributed by atoms with E-state index >= 15 is 0 Å². The number of carbonyl (C=O) groups is 2. The van der Waals surface area contributed by atoms with Crippen molar-refractivity contribution < 1.29 is 14.3 Å². The molecule has 0 spiro atoms. The van der Waals surface area contributed by atoms with Crippen LogP contribution in [0.2, 0.25) is 0 Å². The van der Waals surface area contributed by atoms with Crippen LogP contribution in [-0.4, -0.2) is 35.2 Å². The number of nitrogens with zero attached hydrogens (tertiary/aromatic N) is 1. The van der Waals surface area contributed by atoms with Crippen molar-refractivity contribution in [1.29, 1.82) is 0 Å². The van der Waals surface area contributed by atoms with E-state index < -0.39 is 17.9 Å². The van der Waals surface area contributed by atoms with E-state index in [1.54, 1.807) is 0 Å². The molecule has 7 nitrogen and oxygen atoms in total. The number of anilines is 1. The van der Waals surface area contributed by atoms with Gasteiger partial charge in [0.05, 0.1) is 18.5 Å². The number of ether oxygens (including phenoxy) is 1. The number of hydrogen-bond donors (Lipinski definition) is 3. The lowest BCUT2D eigenvalue weighted by atomic mass is 10.0. The van der Waals surface area contributed by atoms with Crippen LogP contribution < -0.4 is 11.1 Å². The number of H-pyrrole nitrogens is 1. The zero-order valence-corrected chi connectivity index (χ0v) is 13.2. The molecule has 0 saturated heterocycles. The van der Waals surface area contributed by atoms with Crippen LogP contribution >= 0.6 is 0 Å². The molecule has 0 bridgehead atoms. The molecule has 0 radical (unpaired) electrons. The van der Waals surface area contributed by atoms with E-state index in [4.69, 9.17) is 10.5 Å². The summed E-state index contributed by atoms with van der Waals surface area (Å²) >= 11 is 0. The van der Waals surface area contributed by atoms with Crippen molar-refractivity contribution in [3.05, 3.63) is 11.4 Å². The minimum atomic E-state index is -0.707. The Morgan fingerprint density at radius 1 is 1.33 bits per heavy atom. The van der Waals surface area contributed by atoms with Gasteiger partial charge < -0.3 is 15.8 Å². The largest absolute Gasteiger partial charge is 0.467 e. The van der Waals surface area contributed by atoms with Crippen molar-refractivity contribution in [2.45, 2.75) is 46.1 Å². The number of nitrogen functional groups attached to an aromatic ring is 1. The average Bonchev–Trinajstić information content (AvgIpc) is 2.78. The van der Waals surface area contributed by atoms with Crippen molar-refractivity contribution in [3.8, 4) is 0 Å². The number of nitrogens with two attached hydrogens (primary N) is 1. The summed E-state index contributed by atoms with van der Waals surface area (Å²) in [6.07, 6.45) is 0.486. The first kappa shape index (κ1) is 17.0. The second-order valence-corrected chi connectivity index (χ2v) is 5.73. The summed E-state index contributed by atoms with van der Waals surface area (Å²) in [5.41, 5.74) is 7.05. The van der Waals surface area contributed by atoms with Gasteiger partial charge in [0.2, 0.25) is 0 Å². The van der Waals surface area contributed by atoms with Crippen LogP contribution in [-0.2, 0) is 9.53 Å². The van der Waals surface area contributed by atoms with Gasteiger partial charge in [0.15, 0.2) is 5.69 Å². The Balaban J connectivity index is 2.89. The van der Waals surface area contributed by atoms with E-state index in [0.29, 0.717) is 17.8 Å². The van der Waals surface area contributed by atoms with Gasteiger partial charge in [-0.25, -0.2) is 4.79 Å². The quantitative estimate of drug-likeness (QED) is 0.688. The molecule has 1 rings (SSSR count). The first-order valence-electron chi connectivity index (χ1n) is 7.00. The van der Waals surface area contributed by atoms with E-state index in [0.717, 1.165) is 0 Å². The predicted octanol–water partition coefficient (Wildman–Crippen LogP) is 1.43. The van der Waals surface area contributed by atoms with Gasteiger partial charge >= 0.3 is 5.97 Å². The molecule has 0 aliphatic carbocycles. The molecule has 1 heterocycles. The topological polar surface area (TPSA) is 110 Å². The summed E-state index contributed by atoms with van der Waals surface area (Å²) in [6, 6.07) is -0.707. The molecule has 1 unspecified atom stereocenters. The lowest BCUT2D eigenvalue weighted by Crippen LogP contribution is -2.42. The third-order valence-electron chi connectivity index (χ3n) is 3.12. The van der Waals surface area contributed by atoms with Crippen LogP contribution in [0.3, 0.4) is 0 Å². The fourth-order valence-electron chi connectivity index (χ4n) is 2.03. The Labute approximate surface area is 124 Å². The molecule has 4 N–H and O–H groups in total. The van der Waals surface area contributed by atoms with Crippen LogP contribution in [0.1, 0.15) is 56.2 Å². The zero-order valence-electron chi connectivity index (χ0n) is 13.2. The monoisotopic (exact) mass is 296 g/mol. The van der Waals surface area contributed by atoms with Crippen LogP contribution in [0, 0.1) is 5.92 Å². The molecule has 0 fully saturated rings. The van der Waals surface area contributed by atoms with Crippen molar-refractivity contribution in [3.63, 3.8) is 0 Å². The third kappa shape index (κ3) is 4.21. The molecular weight excluding hydrogens is 272 g/mol. The number of amides is 1. The van der Waals surface area contributed by atoms with E-state index in [1.807, 2.05) is 27.7 Å². The Morgan fingerprint density at radius 3 is 2.38 bits per heavy atom. The molecule has 0 aliphatic heterocycles. The van der Waals surface area contributed by atoms with Gasteiger partial charge in [0, 0.05) is 0 Å². The smallest absolute Gasteiger partial charge is 0.328 e. The number of nitrogens with one attached hydrogen (secondary N) is 2. The number of hydrogen-bond acceptors (Lipinski definition) is 5. The van der Waals surface area contributed by atoms with Crippen molar-refractivity contribution in [2.75, 3.05) is 12.8 Å². The molecular formula is C14H24N4O3. The number of carbonyl (C=O) groups excluding carboxylic acids is 2. The van der Waals surface area contributed by atoms with Gasteiger partial charge in [0.25, 0.3) is 5.91 Å². The van der Waals surface area contributed by atoms with E-state index in [-0.39, 0.29) is 17.5 Å². The Morgan fingerprint density at radius 2 is 1.95 bits per heavy atom. The summed E-state index contributed by atoms with van der Waals surface area (Å²) in [5.74, 6) is -0.592. The standard InChI is InChI=1S/C14H24N4O3/c1-7(2)6-9(14(20)21-5)16-13(19)12-10(15)11(8(3)4)17-18-12/h7-9H,6,15H2,1-5H3,(H,16,19)(H,17,18). The summed E-state index contributed by atoms with van der Waals surface area (Å²) in [7, 11) is 1.29. The van der Waals surface area contributed by atoms with Gasteiger partial charge in [-0.2, -0.15) is 5.10 Å². The van der Waals surface area contributed by atoms with E-state index in [1.165, 1.54) is 7.11 Å². The van der Waals surface area contributed by atoms with Gasteiger partial charge in [0.1, 0.15) is 6.04 Å². The Hall–Kier alpha value is -2.05. The predicted molar refractivity (Wildman–Crippen MR) is 79.8 cm³/mol. The van der Waals surface area contributed by atoms with Crippen LogP contribution in [0.5, 0.6) is 0 Å². The Kier molecular flexibility index (Phi) is 5.75. The lowest BCUT2D eigenvalue weighted by Gasteiger charge is -2.17. The normalized spacial score (nSPS) is 12.5. The maximum absolute atomic E-state index is 12.2. The first-order chi connectivity index (χ1) is 9.77. The minimum absolute atomic E-state index is 0.108. The van der Waals surface area contributed by atoms with Crippen molar-refractivity contribution >= 4 is 17.6 Å². The highest BCUT2D eigenvalue weighted by molar-refractivity contribution is 5.99. The third-order valence-corrected chi connectivity index (χ3v) is 3.12. The average molecular weight is 296 g/mol. The van der Waals surface area contributed by atoms with Crippen molar-refractivity contribution in [2.24, 2.45) is 5.92 Å². The molecule has 1 aromatic rings. The molecule has 1 atom stereocenters.